The van der Waals surface area contributed by atoms with Gasteiger partial charge in [-0.15, -0.1) is 0 Å². The van der Waals surface area contributed by atoms with E-state index in [1.54, 1.807) is 24.7 Å². The van der Waals surface area contributed by atoms with E-state index >= 15 is 0 Å². The van der Waals surface area contributed by atoms with Crippen molar-refractivity contribution in [2.24, 2.45) is 5.92 Å². The molecule has 1 atom stereocenters. The van der Waals surface area contributed by atoms with Crippen LogP contribution in [0.1, 0.15) is 25.3 Å². The van der Waals surface area contributed by atoms with Crippen LogP contribution >= 0.6 is 0 Å². The molecule has 0 N–H and O–H groups in total. The molecule has 35 heavy (non-hydrogen) atoms. The third-order valence-electron chi connectivity index (χ3n) is 6.91. The van der Waals surface area contributed by atoms with Gasteiger partial charge in [-0.1, -0.05) is 30.3 Å². The van der Waals surface area contributed by atoms with E-state index in [2.05, 4.69) is 40.0 Å². The van der Waals surface area contributed by atoms with Gasteiger partial charge in [-0.25, -0.2) is 15.0 Å². The zero-order chi connectivity index (χ0) is 23.9. The maximum Gasteiger partial charge on any atom is 0.225 e. The summed E-state index contributed by atoms with van der Waals surface area (Å²) in [6, 6.07) is 15.9. The normalized spacial score (nSPS) is 18.0. The highest BCUT2D eigenvalue weighted by Crippen LogP contribution is 2.38. The van der Waals surface area contributed by atoms with Crippen LogP contribution in [0.15, 0.2) is 61.2 Å². The second-order valence-electron chi connectivity index (χ2n) is 9.29. The number of hydrogen-bond donors (Lipinski definition) is 0. The van der Waals surface area contributed by atoms with Gasteiger partial charge in [0.2, 0.25) is 5.91 Å². The molecule has 1 aromatic carbocycles. The first-order valence-electron chi connectivity index (χ1n) is 12.0. The highest BCUT2D eigenvalue weighted by atomic mass is 16.2. The molecule has 1 aliphatic carbocycles. The van der Waals surface area contributed by atoms with Crippen molar-refractivity contribution in [1.82, 2.24) is 24.4 Å². The standard InChI is InChI=1S/C27H25N7O/c1-18-15-32(27(35)21-7-8-21)11-12-33(18)25-24-22(20-5-3-2-4-6-20)16-34(26(24)31-17-30-25)23-13-19(14-28)9-10-29-23/h2-6,9-10,13,16-18,21H,7-8,11-12,15H2,1H3/t18-/m0/s1. The van der Waals surface area contributed by atoms with Gasteiger partial charge in [-0.2, -0.15) is 5.26 Å². The number of hydrogen-bond acceptors (Lipinski definition) is 6. The van der Waals surface area contributed by atoms with E-state index < -0.39 is 0 Å². The number of pyridine rings is 1. The molecule has 1 aliphatic heterocycles. The summed E-state index contributed by atoms with van der Waals surface area (Å²) in [7, 11) is 0. The van der Waals surface area contributed by atoms with Crippen molar-refractivity contribution < 1.29 is 4.79 Å². The molecular formula is C27H25N7O. The van der Waals surface area contributed by atoms with Crippen LogP contribution in [-0.4, -0.2) is 56.0 Å². The van der Waals surface area contributed by atoms with Crippen LogP contribution in [0.5, 0.6) is 0 Å². The Morgan fingerprint density at radius 3 is 2.66 bits per heavy atom. The summed E-state index contributed by atoms with van der Waals surface area (Å²) in [6.07, 6.45) is 7.30. The van der Waals surface area contributed by atoms with Crippen molar-refractivity contribution in [2.45, 2.75) is 25.8 Å². The number of amides is 1. The minimum Gasteiger partial charge on any atom is -0.350 e. The van der Waals surface area contributed by atoms with E-state index in [0.717, 1.165) is 40.8 Å². The second kappa shape index (κ2) is 8.51. The number of benzene rings is 1. The smallest absolute Gasteiger partial charge is 0.225 e. The van der Waals surface area contributed by atoms with Crippen molar-refractivity contribution in [1.29, 1.82) is 5.26 Å². The SMILES string of the molecule is C[C@H]1CN(C(=O)C2CC2)CCN1c1ncnc2c1c(-c1ccccc1)cn2-c1cc(C#N)ccn1. The first-order valence-corrected chi connectivity index (χ1v) is 12.0. The summed E-state index contributed by atoms with van der Waals surface area (Å²) >= 11 is 0. The molecule has 2 fully saturated rings. The van der Waals surface area contributed by atoms with Crippen LogP contribution in [-0.2, 0) is 4.79 Å². The Balaban J connectivity index is 1.48. The molecule has 4 aromatic rings. The second-order valence-corrected chi connectivity index (χ2v) is 9.29. The predicted molar refractivity (Wildman–Crippen MR) is 133 cm³/mol. The van der Waals surface area contributed by atoms with Crippen LogP contribution in [0, 0.1) is 17.2 Å². The molecule has 1 amide bonds. The summed E-state index contributed by atoms with van der Waals surface area (Å²) in [5.41, 5.74) is 3.33. The largest absolute Gasteiger partial charge is 0.350 e. The van der Waals surface area contributed by atoms with Gasteiger partial charge in [0.25, 0.3) is 0 Å². The fraction of sp³-hybridized carbons (Fsp3) is 0.296. The third kappa shape index (κ3) is 3.79. The number of anilines is 1. The molecule has 174 valence electrons. The molecular weight excluding hydrogens is 438 g/mol. The van der Waals surface area contributed by atoms with E-state index in [1.807, 2.05) is 33.9 Å². The average Bonchev–Trinajstić information content (AvgIpc) is 3.68. The highest BCUT2D eigenvalue weighted by Gasteiger charge is 2.37. The Kier molecular flexibility index (Phi) is 5.18. The molecule has 0 radical (unpaired) electrons. The van der Waals surface area contributed by atoms with Crippen molar-refractivity contribution >= 4 is 22.8 Å². The van der Waals surface area contributed by atoms with Crippen LogP contribution in [0.4, 0.5) is 5.82 Å². The van der Waals surface area contributed by atoms with Crippen LogP contribution in [0.2, 0.25) is 0 Å². The number of carbonyl (C=O) groups excluding carboxylic acids is 1. The van der Waals surface area contributed by atoms with Crippen LogP contribution in [0.3, 0.4) is 0 Å². The topological polar surface area (TPSA) is 90.9 Å². The Morgan fingerprint density at radius 2 is 1.91 bits per heavy atom. The first-order chi connectivity index (χ1) is 17.1. The Hall–Kier alpha value is -4.25. The number of aromatic nitrogens is 4. The van der Waals surface area contributed by atoms with E-state index in [-0.39, 0.29) is 12.0 Å². The van der Waals surface area contributed by atoms with E-state index in [0.29, 0.717) is 36.9 Å². The number of piperazine rings is 1. The molecule has 6 rings (SSSR count). The number of fused-ring (bicyclic) bond motifs is 1. The quantitative estimate of drug-likeness (QED) is 0.457. The lowest BCUT2D eigenvalue weighted by Gasteiger charge is -2.41. The monoisotopic (exact) mass is 463 g/mol. The van der Waals surface area contributed by atoms with Crippen molar-refractivity contribution in [3.8, 4) is 23.0 Å². The molecule has 4 heterocycles. The van der Waals surface area contributed by atoms with Gasteiger partial charge < -0.3 is 9.80 Å². The van der Waals surface area contributed by atoms with Gasteiger partial charge >= 0.3 is 0 Å². The summed E-state index contributed by atoms with van der Waals surface area (Å²) in [6.45, 7) is 4.25. The number of rotatable bonds is 4. The summed E-state index contributed by atoms with van der Waals surface area (Å²) in [5.74, 6) is 2.02. The third-order valence-corrected chi connectivity index (χ3v) is 6.91. The maximum absolute atomic E-state index is 12.7. The number of nitriles is 1. The van der Waals surface area contributed by atoms with Gasteiger partial charge in [0, 0.05) is 49.6 Å². The molecule has 0 unspecified atom stereocenters. The maximum atomic E-state index is 12.7. The van der Waals surface area contributed by atoms with Crippen LogP contribution in [0.25, 0.3) is 28.0 Å². The predicted octanol–water partition coefficient (Wildman–Crippen LogP) is 3.80. The van der Waals surface area contributed by atoms with Crippen molar-refractivity contribution in [3.63, 3.8) is 0 Å². The van der Waals surface area contributed by atoms with Gasteiger partial charge in [-0.3, -0.25) is 9.36 Å². The van der Waals surface area contributed by atoms with Gasteiger partial charge in [0.15, 0.2) is 5.65 Å². The molecule has 2 aliphatic rings. The van der Waals surface area contributed by atoms with E-state index in [9.17, 15) is 10.1 Å². The first kappa shape index (κ1) is 21.3. The Labute approximate surface area is 203 Å². The lowest BCUT2D eigenvalue weighted by atomic mass is 10.1. The average molecular weight is 464 g/mol. The minimum absolute atomic E-state index is 0.122. The molecule has 8 heteroatoms. The molecule has 0 spiro atoms. The van der Waals surface area contributed by atoms with E-state index in [1.165, 1.54) is 0 Å². The molecule has 1 saturated carbocycles. The summed E-state index contributed by atoms with van der Waals surface area (Å²) in [4.78, 5) is 30.9. The van der Waals surface area contributed by atoms with E-state index in [4.69, 9.17) is 4.98 Å². The van der Waals surface area contributed by atoms with Gasteiger partial charge in [-0.05, 0) is 37.5 Å². The minimum atomic E-state index is 0.122. The lowest BCUT2D eigenvalue weighted by Crippen LogP contribution is -2.54. The van der Waals surface area contributed by atoms with Gasteiger partial charge in [0.1, 0.15) is 18.0 Å². The highest BCUT2D eigenvalue weighted by molar-refractivity contribution is 6.02. The Bertz CT molecular complexity index is 1450. The lowest BCUT2D eigenvalue weighted by molar-refractivity contribution is -0.133. The van der Waals surface area contributed by atoms with Crippen LogP contribution < -0.4 is 4.90 Å². The van der Waals surface area contributed by atoms with Crippen molar-refractivity contribution in [2.75, 3.05) is 24.5 Å². The molecule has 8 nitrogen and oxygen atoms in total. The fourth-order valence-corrected chi connectivity index (χ4v) is 4.96. The molecule has 3 aromatic heterocycles. The van der Waals surface area contributed by atoms with Crippen molar-refractivity contribution in [3.05, 3.63) is 66.7 Å². The van der Waals surface area contributed by atoms with Gasteiger partial charge in [0.05, 0.1) is 17.0 Å². The Morgan fingerprint density at radius 1 is 1.09 bits per heavy atom. The molecule has 0 bridgehead atoms. The molecule has 1 saturated heterocycles. The zero-order valence-corrected chi connectivity index (χ0v) is 19.5. The number of nitrogens with zero attached hydrogens (tertiary/aromatic N) is 7. The number of carbonyl (C=O) groups is 1. The summed E-state index contributed by atoms with van der Waals surface area (Å²) in [5, 5.41) is 10.3. The zero-order valence-electron chi connectivity index (χ0n) is 19.5. The summed E-state index contributed by atoms with van der Waals surface area (Å²) < 4.78 is 1.93. The fourth-order valence-electron chi connectivity index (χ4n) is 4.96.